The lowest BCUT2D eigenvalue weighted by Gasteiger charge is -2.27. The van der Waals surface area contributed by atoms with Crippen molar-refractivity contribution in [2.75, 3.05) is 13.2 Å². The third kappa shape index (κ3) is 7.91. The molecule has 0 saturated carbocycles. The molecule has 4 atom stereocenters. The van der Waals surface area contributed by atoms with Crippen LogP contribution in [0.1, 0.15) is 69.4 Å². The quantitative estimate of drug-likeness (QED) is 0.0979. The highest BCUT2D eigenvalue weighted by molar-refractivity contribution is 6.19. The van der Waals surface area contributed by atoms with E-state index in [1.807, 2.05) is 103 Å². The predicted octanol–water partition coefficient (Wildman–Crippen LogP) is 7.72. The maximum absolute atomic E-state index is 14.5. The van der Waals surface area contributed by atoms with E-state index < -0.39 is 36.0 Å². The fraction of sp³-hybridized carbons (Fsp3) is 0.222. The Morgan fingerprint density at radius 1 is 0.759 bits per heavy atom. The Kier molecular flexibility index (Phi) is 11.2. The molecule has 272 valence electrons. The Labute approximate surface area is 314 Å². The van der Waals surface area contributed by atoms with Crippen LogP contribution in [0.25, 0.3) is 0 Å². The average molecular weight is 720 g/mol. The summed E-state index contributed by atoms with van der Waals surface area (Å²) in [4.78, 5) is 63.4. The second-order valence-electron chi connectivity index (χ2n) is 13.6. The first-order chi connectivity index (χ1) is 26.4. The first-order valence-corrected chi connectivity index (χ1v) is 18.3. The van der Waals surface area contributed by atoms with Gasteiger partial charge in [-0.05, 0) is 36.1 Å². The van der Waals surface area contributed by atoms with Crippen molar-refractivity contribution in [2.24, 2.45) is 4.99 Å². The molecule has 2 heterocycles. The van der Waals surface area contributed by atoms with Gasteiger partial charge in [0.1, 0.15) is 12.6 Å². The summed E-state index contributed by atoms with van der Waals surface area (Å²) < 4.78 is 5.33. The number of hydrogen-bond acceptors (Lipinski definition) is 7. The molecule has 0 aliphatic carbocycles. The summed E-state index contributed by atoms with van der Waals surface area (Å²) in [5, 5.41) is 10.9. The minimum Gasteiger partial charge on any atom is -0.480 e. The number of aliphatic carboxylic acids is 1. The number of benzene rings is 5. The molecule has 0 radical (unpaired) electrons. The topological polar surface area (TPSA) is 117 Å². The molecule has 0 unspecified atom stereocenters. The van der Waals surface area contributed by atoms with Gasteiger partial charge in [-0.25, -0.2) is 14.5 Å². The van der Waals surface area contributed by atoms with Gasteiger partial charge in [-0.2, -0.15) is 0 Å². The second-order valence-corrected chi connectivity index (χ2v) is 13.6. The number of hydrogen-bond donors (Lipinski definition) is 1. The van der Waals surface area contributed by atoms with E-state index in [0.29, 0.717) is 40.9 Å². The van der Waals surface area contributed by atoms with E-state index in [9.17, 15) is 24.3 Å². The van der Waals surface area contributed by atoms with Crippen molar-refractivity contribution in [2.45, 2.75) is 49.9 Å². The summed E-state index contributed by atoms with van der Waals surface area (Å²) in [5.41, 5.74) is 4.35. The van der Waals surface area contributed by atoms with Gasteiger partial charge in [0, 0.05) is 35.6 Å². The Bertz CT molecular complexity index is 2120. The van der Waals surface area contributed by atoms with Crippen molar-refractivity contribution in [1.82, 2.24) is 9.80 Å². The smallest absolute Gasteiger partial charge is 0.417 e. The molecule has 54 heavy (non-hydrogen) atoms. The predicted molar refractivity (Wildman–Crippen MR) is 205 cm³/mol. The van der Waals surface area contributed by atoms with Crippen LogP contribution in [0.15, 0.2) is 151 Å². The number of imide groups is 1. The number of Topliss-reactive ketones (excluding diaryl/α,β-unsaturated/α-hetero) is 1. The Hall–Kier alpha value is -6.19. The summed E-state index contributed by atoms with van der Waals surface area (Å²) in [6.07, 6.45) is 0.481. The maximum Gasteiger partial charge on any atom is 0.417 e. The first-order valence-electron chi connectivity index (χ1n) is 18.3. The molecule has 0 bridgehead atoms. The van der Waals surface area contributed by atoms with E-state index in [2.05, 4.69) is 17.0 Å². The number of likely N-dealkylation sites (tertiary alicyclic amines) is 1. The molecular weight excluding hydrogens is 679 g/mol. The van der Waals surface area contributed by atoms with E-state index in [1.54, 1.807) is 30.3 Å². The lowest BCUT2D eigenvalue weighted by Crippen LogP contribution is -2.38. The molecule has 7 rings (SSSR count). The second kappa shape index (κ2) is 16.7. The molecule has 2 saturated heterocycles. The molecule has 2 fully saturated rings. The third-order valence-electron chi connectivity index (χ3n) is 10.2. The van der Waals surface area contributed by atoms with Gasteiger partial charge >= 0.3 is 12.1 Å². The highest BCUT2D eigenvalue weighted by atomic mass is 16.6. The molecular formula is C45H41N3O6. The fourth-order valence-corrected chi connectivity index (χ4v) is 7.58. The largest absolute Gasteiger partial charge is 0.480 e. The molecule has 9 nitrogen and oxygen atoms in total. The van der Waals surface area contributed by atoms with Crippen LogP contribution in [-0.4, -0.2) is 69.6 Å². The van der Waals surface area contributed by atoms with Crippen LogP contribution in [0.5, 0.6) is 0 Å². The van der Waals surface area contributed by atoms with Gasteiger partial charge in [-0.1, -0.05) is 146 Å². The van der Waals surface area contributed by atoms with Crippen LogP contribution in [-0.2, 0) is 20.9 Å². The van der Waals surface area contributed by atoms with Gasteiger partial charge in [-0.3, -0.25) is 19.5 Å². The van der Waals surface area contributed by atoms with E-state index in [0.717, 1.165) is 29.0 Å². The number of ether oxygens (including phenoxy) is 1. The van der Waals surface area contributed by atoms with Crippen molar-refractivity contribution in [3.05, 3.63) is 179 Å². The summed E-state index contributed by atoms with van der Waals surface area (Å²) in [6.45, 7) is 1.43. The average Bonchev–Trinajstić information content (AvgIpc) is 3.85. The number of cyclic esters (lactones) is 1. The minimum absolute atomic E-state index is 0.00214. The molecule has 9 heteroatoms. The molecule has 0 spiro atoms. The van der Waals surface area contributed by atoms with Gasteiger partial charge in [0.25, 0.3) is 0 Å². The zero-order valence-corrected chi connectivity index (χ0v) is 29.7. The minimum atomic E-state index is -1.47. The van der Waals surface area contributed by atoms with Gasteiger partial charge in [0.15, 0.2) is 11.8 Å². The van der Waals surface area contributed by atoms with Gasteiger partial charge in [-0.15, -0.1) is 0 Å². The number of carbonyl (C=O) groups is 4. The number of carboxylic acids is 1. The zero-order valence-electron chi connectivity index (χ0n) is 29.7. The first kappa shape index (κ1) is 36.2. The molecule has 1 N–H and O–H groups in total. The monoisotopic (exact) mass is 719 g/mol. The standard InChI is InChI=1S/C45H41N3O6/c49-40(48-39(30-54-45(48)53)33-20-9-3-10-21-33)28-37(32-18-7-2-8-19-32)42(44(51)52)46-41(34-22-11-4-12-23-34)35-24-13-14-25-36(35)43(50)38-26-15-27-47(38)29-31-16-5-1-6-17-31/h1-14,16-25,37-39,42H,15,26-30H2,(H,51,52)/t37-,38-,39-,42+/m0/s1. The van der Waals surface area contributed by atoms with E-state index in [1.165, 1.54) is 0 Å². The number of aliphatic imine (C=N–C) groups is 1. The summed E-state index contributed by atoms with van der Waals surface area (Å²) in [7, 11) is 0. The number of nitrogens with zero attached hydrogens (tertiary/aromatic N) is 3. The third-order valence-corrected chi connectivity index (χ3v) is 10.2. The van der Waals surface area contributed by atoms with Gasteiger partial charge < -0.3 is 9.84 Å². The molecule has 2 aliphatic rings. The van der Waals surface area contributed by atoms with Crippen LogP contribution < -0.4 is 0 Å². The van der Waals surface area contributed by atoms with Crippen molar-refractivity contribution in [1.29, 1.82) is 0 Å². The Morgan fingerprint density at radius 2 is 1.35 bits per heavy atom. The van der Waals surface area contributed by atoms with Crippen LogP contribution in [0.3, 0.4) is 0 Å². The van der Waals surface area contributed by atoms with E-state index in [-0.39, 0.29) is 24.9 Å². The number of carbonyl (C=O) groups excluding carboxylic acids is 3. The van der Waals surface area contributed by atoms with E-state index >= 15 is 0 Å². The Morgan fingerprint density at radius 3 is 2.02 bits per heavy atom. The van der Waals surface area contributed by atoms with Crippen molar-refractivity contribution < 1.29 is 29.0 Å². The van der Waals surface area contributed by atoms with Gasteiger partial charge in [0.2, 0.25) is 5.91 Å². The fourth-order valence-electron chi connectivity index (χ4n) is 7.58. The Balaban J connectivity index is 1.28. The number of rotatable bonds is 13. The highest BCUT2D eigenvalue weighted by Gasteiger charge is 2.42. The molecule has 5 aromatic carbocycles. The van der Waals surface area contributed by atoms with Crippen LogP contribution in [0, 0.1) is 0 Å². The number of amides is 2. The van der Waals surface area contributed by atoms with Crippen molar-refractivity contribution >= 4 is 29.5 Å². The van der Waals surface area contributed by atoms with Crippen molar-refractivity contribution in [3.8, 4) is 0 Å². The van der Waals surface area contributed by atoms with Crippen LogP contribution >= 0.6 is 0 Å². The van der Waals surface area contributed by atoms with Crippen molar-refractivity contribution in [3.63, 3.8) is 0 Å². The maximum atomic E-state index is 14.5. The zero-order chi connectivity index (χ0) is 37.4. The summed E-state index contributed by atoms with van der Waals surface area (Å²) in [5.74, 6) is -2.84. The van der Waals surface area contributed by atoms with Crippen LogP contribution in [0.2, 0.25) is 0 Å². The lowest BCUT2D eigenvalue weighted by molar-refractivity contribution is -0.139. The number of ketones is 1. The molecule has 0 aromatic heterocycles. The normalized spacial score (nSPS) is 18.6. The molecule has 2 aliphatic heterocycles. The SMILES string of the molecule is O=C(O)[C@H](N=C(c1ccccc1)c1ccccc1C(=O)[C@@H]1CCCN1Cc1ccccc1)[C@@H](CC(=O)N1C(=O)OC[C@H]1c1ccccc1)c1ccccc1. The molecule has 2 amide bonds. The summed E-state index contributed by atoms with van der Waals surface area (Å²) in [6, 6.07) is 42.1. The van der Waals surface area contributed by atoms with Crippen LogP contribution in [0.4, 0.5) is 4.79 Å². The van der Waals surface area contributed by atoms with Gasteiger partial charge in [0.05, 0.1) is 11.8 Å². The number of carboxylic acid groups (broad SMARTS) is 1. The molecule has 5 aromatic rings. The highest BCUT2D eigenvalue weighted by Crippen LogP contribution is 2.34. The summed E-state index contributed by atoms with van der Waals surface area (Å²) >= 11 is 0. The lowest BCUT2D eigenvalue weighted by atomic mass is 9.86. The van der Waals surface area contributed by atoms with E-state index in [4.69, 9.17) is 9.73 Å².